The van der Waals surface area contributed by atoms with Crippen molar-refractivity contribution < 1.29 is 0 Å². The predicted octanol–water partition coefficient (Wildman–Crippen LogP) is 6.56. The monoisotopic (exact) mass is 348 g/mol. The van der Waals surface area contributed by atoms with E-state index < -0.39 is 0 Å². The molecular weight excluding hydrogens is 328 g/mol. The van der Waals surface area contributed by atoms with E-state index in [2.05, 4.69) is 53.5 Å². The van der Waals surface area contributed by atoms with Crippen molar-refractivity contribution in [1.82, 2.24) is 4.98 Å². The van der Waals surface area contributed by atoms with Gasteiger partial charge >= 0.3 is 0 Å². The van der Waals surface area contributed by atoms with E-state index in [-0.39, 0.29) is 0 Å². The zero-order valence-corrected chi connectivity index (χ0v) is 15.2. The van der Waals surface area contributed by atoms with Gasteiger partial charge in [-0.2, -0.15) is 0 Å². The summed E-state index contributed by atoms with van der Waals surface area (Å²) in [6, 6.07) is 35.0. The smallest absolute Gasteiger partial charge is 0.0849 e. The van der Waals surface area contributed by atoms with E-state index in [1.54, 1.807) is 0 Å². The standard InChI is InChI=1S/C25H20N2/c1-19(26-23-11-6-3-7-12-23)24-13-8-14-25(27-24)22-17-15-21(16-18-22)20-9-4-2-5-10-20/h2-18H,1H3. The van der Waals surface area contributed by atoms with E-state index in [0.29, 0.717) is 0 Å². The fraction of sp³-hybridized carbons (Fsp3) is 0.0400. The molecule has 0 atom stereocenters. The zero-order chi connectivity index (χ0) is 18.5. The van der Waals surface area contributed by atoms with Crippen LogP contribution in [0.2, 0.25) is 0 Å². The Hall–Kier alpha value is -3.52. The molecule has 2 nitrogen and oxygen atoms in total. The van der Waals surface area contributed by atoms with Crippen LogP contribution in [0.1, 0.15) is 12.6 Å². The molecule has 0 fully saturated rings. The molecule has 0 aliphatic rings. The van der Waals surface area contributed by atoms with Crippen LogP contribution in [0.15, 0.2) is 108 Å². The van der Waals surface area contributed by atoms with Crippen molar-refractivity contribution in [3.05, 3.63) is 109 Å². The molecule has 0 aliphatic carbocycles. The first-order chi connectivity index (χ1) is 13.3. The SMILES string of the molecule is CC(=Nc1ccccc1)c1cccc(-c2ccc(-c3ccccc3)cc2)n1. The van der Waals surface area contributed by atoms with Crippen molar-refractivity contribution in [3.63, 3.8) is 0 Å². The Morgan fingerprint density at radius 2 is 1.19 bits per heavy atom. The number of rotatable bonds is 4. The first kappa shape index (κ1) is 16.9. The van der Waals surface area contributed by atoms with E-state index in [0.717, 1.165) is 28.4 Å². The first-order valence-corrected chi connectivity index (χ1v) is 9.03. The lowest BCUT2D eigenvalue weighted by Gasteiger charge is -2.07. The lowest BCUT2D eigenvalue weighted by molar-refractivity contribution is 1.28. The molecule has 0 amide bonds. The Kier molecular flexibility index (Phi) is 4.88. The molecule has 0 radical (unpaired) electrons. The summed E-state index contributed by atoms with van der Waals surface area (Å²) in [5.74, 6) is 0. The quantitative estimate of drug-likeness (QED) is 0.384. The molecule has 0 saturated heterocycles. The van der Waals surface area contributed by atoms with Crippen LogP contribution in [0.3, 0.4) is 0 Å². The van der Waals surface area contributed by atoms with Gasteiger partial charge in [0.2, 0.25) is 0 Å². The van der Waals surface area contributed by atoms with Gasteiger partial charge in [0.05, 0.1) is 22.8 Å². The summed E-state index contributed by atoms with van der Waals surface area (Å²) >= 11 is 0. The highest BCUT2D eigenvalue weighted by atomic mass is 14.8. The molecule has 0 unspecified atom stereocenters. The summed E-state index contributed by atoms with van der Waals surface area (Å²) in [5, 5.41) is 0. The molecule has 4 rings (SSSR count). The van der Waals surface area contributed by atoms with Crippen LogP contribution < -0.4 is 0 Å². The molecule has 1 heterocycles. The third-order valence-electron chi connectivity index (χ3n) is 4.46. The fourth-order valence-corrected chi connectivity index (χ4v) is 3.01. The molecule has 0 aliphatic heterocycles. The average molecular weight is 348 g/mol. The van der Waals surface area contributed by atoms with Crippen molar-refractivity contribution in [2.45, 2.75) is 6.92 Å². The van der Waals surface area contributed by atoms with Gasteiger partial charge in [0.1, 0.15) is 0 Å². The maximum absolute atomic E-state index is 4.81. The summed E-state index contributed by atoms with van der Waals surface area (Å²) in [5.41, 5.74) is 7.22. The number of hydrogen-bond acceptors (Lipinski definition) is 2. The summed E-state index contributed by atoms with van der Waals surface area (Å²) in [6.45, 7) is 2.00. The fourth-order valence-electron chi connectivity index (χ4n) is 3.01. The molecule has 1 aromatic heterocycles. The molecule has 0 N–H and O–H groups in total. The Morgan fingerprint density at radius 1 is 0.593 bits per heavy atom. The Bertz CT molecular complexity index is 1050. The van der Waals surface area contributed by atoms with E-state index in [1.165, 1.54) is 11.1 Å². The highest BCUT2D eigenvalue weighted by Gasteiger charge is 2.05. The van der Waals surface area contributed by atoms with Crippen LogP contribution >= 0.6 is 0 Å². The largest absolute Gasteiger partial charge is 0.252 e. The lowest BCUT2D eigenvalue weighted by Crippen LogP contribution is -1.99. The molecule has 27 heavy (non-hydrogen) atoms. The minimum Gasteiger partial charge on any atom is -0.252 e. The van der Waals surface area contributed by atoms with Gasteiger partial charge in [-0.05, 0) is 42.3 Å². The molecule has 2 heteroatoms. The van der Waals surface area contributed by atoms with Gasteiger partial charge in [0.25, 0.3) is 0 Å². The Labute approximate surface area is 159 Å². The van der Waals surface area contributed by atoms with E-state index >= 15 is 0 Å². The normalized spacial score (nSPS) is 11.4. The van der Waals surface area contributed by atoms with Crippen molar-refractivity contribution in [2.75, 3.05) is 0 Å². The van der Waals surface area contributed by atoms with Crippen molar-refractivity contribution >= 4 is 11.4 Å². The maximum atomic E-state index is 4.81. The molecule has 4 aromatic rings. The molecule has 0 bridgehead atoms. The van der Waals surface area contributed by atoms with Crippen LogP contribution in [0.25, 0.3) is 22.4 Å². The van der Waals surface area contributed by atoms with Crippen LogP contribution in [0.4, 0.5) is 5.69 Å². The molecular formula is C25H20N2. The van der Waals surface area contributed by atoms with E-state index in [9.17, 15) is 0 Å². The lowest BCUT2D eigenvalue weighted by atomic mass is 10.0. The highest BCUT2D eigenvalue weighted by Crippen LogP contribution is 2.24. The minimum atomic E-state index is 0.892. The van der Waals surface area contributed by atoms with Crippen LogP contribution in [-0.2, 0) is 0 Å². The number of hydrogen-bond donors (Lipinski definition) is 0. The molecule has 3 aromatic carbocycles. The summed E-state index contributed by atoms with van der Waals surface area (Å²) in [4.78, 5) is 9.48. The van der Waals surface area contributed by atoms with Gasteiger partial charge in [0, 0.05) is 5.56 Å². The molecule has 130 valence electrons. The van der Waals surface area contributed by atoms with Gasteiger partial charge in [-0.25, -0.2) is 4.98 Å². The van der Waals surface area contributed by atoms with Crippen molar-refractivity contribution in [3.8, 4) is 22.4 Å². The number of nitrogens with zero attached hydrogens (tertiary/aromatic N) is 2. The second-order valence-electron chi connectivity index (χ2n) is 6.38. The molecule has 0 saturated carbocycles. The highest BCUT2D eigenvalue weighted by molar-refractivity contribution is 5.99. The summed E-state index contributed by atoms with van der Waals surface area (Å²) in [7, 11) is 0. The number of aromatic nitrogens is 1. The topological polar surface area (TPSA) is 25.2 Å². The van der Waals surface area contributed by atoms with Gasteiger partial charge < -0.3 is 0 Å². The van der Waals surface area contributed by atoms with Crippen LogP contribution in [0.5, 0.6) is 0 Å². The summed E-state index contributed by atoms with van der Waals surface area (Å²) < 4.78 is 0. The minimum absolute atomic E-state index is 0.892. The number of aliphatic imine (C=N–C) groups is 1. The Morgan fingerprint density at radius 3 is 1.89 bits per heavy atom. The second kappa shape index (κ2) is 7.79. The second-order valence-corrected chi connectivity index (χ2v) is 6.38. The average Bonchev–Trinajstić information content (AvgIpc) is 2.75. The Balaban J connectivity index is 1.62. The van der Waals surface area contributed by atoms with Crippen molar-refractivity contribution in [1.29, 1.82) is 0 Å². The van der Waals surface area contributed by atoms with Gasteiger partial charge in [-0.1, -0.05) is 78.9 Å². The van der Waals surface area contributed by atoms with Crippen molar-refractivity contribution in [2.24, 2.45) is 4.99 Å². The number of benzene rings is 3. The zero-order valence-electron chi connectivity index (χ0n) is 15.2. The number of pyridine rings is 1. The van der Waals surface area contributed by atoms with E-state index in [4.69, 9.17) is 4.98 Å². The maximum Gasteiger partial charge on any atom is 0.0849 e. The van der Waals surface area contributed by atoms with Gasteiger partial charge in [-0.3, -0.25) is 4.99 Å². The predicted molar refractivity (Wildman–Crippen MR) is 113 cm³/mol. The third kappa shape index (κ3) is 4.01. The number of para-hydroxylation sites is 1. The van der Waals surface area contributed by atoms with Crippen LogP contribution in [-0.4, -0.2) is 10.7 Å². The summed E-state index contributed by atoms with van der Waals surface area (Å²) in [6.07, 6.45) is 0. The molecule has 0 spiro atoms. The van der Waals surface area contributed by atoms with Gasteiger partial charge in [-0.15, -0.1) is 0 Å². The first-order valence-electron chi connectivity index (χ1n) is 9.03. The third-order valence-corrected chi connectivity index (χ3v) is 4.46. The van der Waals surface area contributed by atoms with E-state index in [1.807, 2.05) is 61.5 Å². The van der Waals surface area contributed by atoms with Gasteiger partial charge in [0.15, 0.2) is 0 Å². The van der Waals surface area contributed by atoms with Crippen LogP contribution in [0, 0.1) is 0 Å².